The van der Waals surface area contributed by atoms with Gasteiger partial charge in [-0.05, 0) is 24.6 Å². The summed E-state index contributed by atoms with van der Waals surface area (Å²) < 4.78 is 4.93. The second-order valence-corrected chi connectivity index (χ2v) is 5.06. The number of methoxy groups -OCH3 is 1. The van der Waals surface area contributed by atoms with Crippen molar-refractivity contribution in [1.82, 2.24) is 9.97 Å². The first-order valence-corrected chi connectivity index (χ1v) is 7.10. The molecule has 0 saturated heterocycles. The summed E-state index contributed by atoms with van der Waals surface area (Å²) in [6.45, 7) is 3.08. The maximum absolute atomic E-state index is 12.2. The zero-order valence-corrected chi connectivity index (χ0v) is 13.1. The third-order valence-electron chi connectivity index (χ3n) is 2.94. The highest BCUT2D eigenvalue weighted by atomic mass is 35.5. The van der Waals surface area contributed by atoms with Gasteiger partial charge in [0.15, 0.2) is 0 Å². The average molecular weight is 321 g/mol. The number of rotatable bonds is 6. The zero-order chi connectivity index (χ0) is 15.9. The number of benzene rings is 1. The summed E-state index contributed by atoms with van der Waals surface area (Å²) >= 11 is 5.93. The number of ether oxygens (including phenoxy) is 1. The van der Waals surface area contributed by atoms with E-state index in [0.29, 0.717) is 29.7 Å². The SMILES string of the molecule is COCCNc1cnc(C(=O)Nc2cc(Cl)ccc2C)cn1. The van der Waals surface area contributed by atoms with Crippen LogP contribution in [0.4, 0.5) is 11.5 Å². The molecule has 22 heavy (non-hydrogen) atoms. The van der Waals surface area contributed by atoms with Gasteiger partial charge in [0, 0.05) is 24.4 Å². The molecule has 1 aromatic heterocycles. The van der Waals surface area contributed by atoms with E-state index in [1.54, 1.807) is 19.2 Å². The average Bonchev–Trinajstić information content (AvgIpc) is 2.52. The van der Waals surface area contributed by atoms with Crippen LogP contribution in [-0.4, -0.2) is 36.1 Å². The second-order valence-electron chi connectivity index (χ2n) is 4.62. The van der Waals surface area contributed by atoms with Gasteiger partial charge >= 0.3 is 0 Å². The highest BCUT2D eigenvalue weighted by Gasteiger charge is 2.10. The largest absolute Gasteiger partial charge is 0.383 e. The van der Waals surface area contributed by atoms with Gasteiger partial charge in [-0.25, -0.2) is 9.97 Å². The van der Waals surface area contributed by atoms with Gasteiger partial charge in [-0.2, -0.15) is 0 Å². The fourth-order valence-electron chi connectivity index (χ4n) is 1.73. The first-order chi connectivity index (χ1) is 10.6. The Morgan fingerprint density at radius 2 is 2.14 bits per heavy atom. The summed E-state index contributed by atoms with van der Waals surface area (Å²) in [7, 11) is 1.62. The molecular formula is C15H17ClN4O2. The predicted octanol–water partition coefficient (Wildman–Crippen LogP) is 2.75. The van der Waals surface area contributed by atoms with Crippen LogP contribution in [0.15, 0.2) is 30.6 Å². The van der Waals surface area contributed by atoms with Crippen LogP contribution in [0.1, 0.15) is 16.1 Å². The van der Waals surface area contributed by atoms with Crippen LogP contribution in [-0.2, 0) is 4.74 Å². The van der Waals surface area contributed by atoms with Crippen molar-refractivity contribution in [1.29, 1.82) is 0 Å². The van der Waals surface area contributed by atoms with Crippen LogP contribution in [0.5, 0.6) is 0 Å². The van der Waals surface area contributed by atoms with Gasteiger partial charge in [0.25, 0.3) is 5.91 Å². The number of amides is 1. The molecule has 0 unspecified atom stereocenters. The van der Waals surface area contributed by atoms with Crippen LogP contribution in [0.3, 0.4) is 0 Å². The van der Waals surface area contributed by atoms with Crippen molar-refractivity contribution >= 4 is 29.0 Å². The van der Waals surface area contributed by atoms with Crippen LogP contribution in [0.25, 0.3) is 0 Å². The van der Waals surface area contributed by atoms with Crippen molar-refractivity contribution in [2.75, 3.05) is 30.9 Å². The molecule has 0 spiro atoms. The molecule has 2 N–H and O–H groups in total. The van der Waals surface area contributed by atoms with E-state index in [1.165, 1.54) is 12.4 Å². The topological polar surface area (TPSA) is 76.1 Å². The summed E-state index contributed by atoms with van der Waals surface area (Å²) in [5.74, 6) is 0.258. The Morgan fingerprint density at radius 1 is 1.32 bits per heavy atom. The molecule has 0 bridgehead atoms. The van der Waals surface area contributed by atoms with E-state index in [-0.39, 0.29) is 11.6 Å². The maximum atomic E-state index is 12.2. The van der Waals surface area contributed by atoms with Crippen LogP contribution in [0.2, 0.25) is 5.02 Å². The lowest BCUT2D eigenvalue weighted by atomic mass is 10.2. The van der Waals surface area contributed by atoms with E-state index in [9.17, 15) is 4.79 Å². The molecule has 116 valence electrons. The van der Waals surface area contributed by atoms with Crippen molar-refractivity contribution in [3.63, 3.8) is 0 Å². The third-order valence-corrected chi connectivity index (χ3v) is 3.18. The van der Waals surface area contributed by atoms with E-state index >= 15 is 0 Å². The molecular weight excluding hydrogens is 304 g/mol. The van der Waals surface area contributed by atoms with Gasteiger partial charge in [0.2, 0.25) is 0 Å². The lowest BCUT2D eigenvalue weighted by Crippen LogP contribution is -2.15. The molecule has 2 rings (SSSR count). The van der Waals surface area contributed by atoms with Crippen LogP contribution >= 0.6 is 11.6 Å². The van der Waals surface area contributed by atoms with E-state index < -0.39 is 0 Å². The number of nitrogens with zero attached hydrogens (tertiary/aromatic N) is 2. The number of aromatic nitrogens is 2. The van der Waals surface area contributed by atoms with Crippen LogP contribution in [0, 0.1) is 6.92 Å². The number of hydrogen-bond donors (Lipinski definition) is 2. The van der Waals surface area contributed by atoms with Crippen molar-refractivity contribution in [2.24, 2.45) is 0 Å². The number of aryl methyl sites for hydroxylation is 1. The molecule has 7 heteroatoms. The molecule has 0 aliphatic rings. The van der Waals surface area contributed by atoms with Gasteiger partial charge in [-0.3, -0.25) is 4.79 Å². The lowest BCUT2D eigenvalue weighted by molar-refractivity contribution is 0.102. The fraction of sp³-hybridized carbons (Fsp3) is 0.267. The Bertz CT molecular complexity index is 646. The smallest absolute Gasteiger partial charge is 0.275 e. The Hall–Kier alpha value is -2.18. The van der Waals surface area contributed by atoms with Crippen molar-refractivity contribution < 1.29 is 9.53 Å². The molecule has 2 aromatic rings. The minimum atomic E-state index is -0.332. The molecule has 1 amide bonds. The highest BCUT2D eigenvalue weighted by Crippen LogP contribution is 2.20. The van der Waals surface area contributed by atoms with Gasteiger partial charge in [-0.1, -0.05) is 17.7 Å². The molecule has 0 fully saturated rings. The summed E-state index contributed by atoms with van der Waals surface area (Å²) in [5, 5.41) is 6.36. The van der Waals surface area contributed by atoms with Gasteiger partial charge in [0.1, 0.15) is 11.5 Å². The summed E-state index contributed by atoms with van der Waals surface area (Å²) in [6, 6.07) is 5.31. The molecule has 0 saturated carbocycles. The Labute approximate surface area is 133 Å². The number of hydrogen-bond acceptors (Lipinski definition) is 5. The molecule has 0 atom stereocenters. The van der Waals surface area contributed by atoms with Crippen molar-refractivity contribution in [2.45, 2.75) is 6.92 Å². The standard InChI is InChI=1S/C15H17ClN4O2/c1-10-3-4-11(16)7-12(10)20-15(21)13-8-19-14(9-18-13)17-5-6-22-2/h3-4,7-9H,5-6H2,1-2H3,(H,17,19)(H,20,21). The number of anilines is 2. The van der Waals surface area contributed by atoms with E-state index in [2.05, 4.69) is 20.6 Å². The maximum Gasteiger partial charge on any atom is 0.275 e. The monoisotopic (exact) mass is 320 g/mol. The Balaban J connectivity index is 2.02. The van der Waals surface area contributed by atoms with Gasteiger partial charge < -0.3 is 15.4 Å². The van der Waals surface area contributed by atoms with Gasteiger partial charge in [-0.15, -0.1) is 0 Å². The zero-order valence-electron chi connectivity index (χ0n) is 12.4. The molecule has 1 heterocycles. The molecule has 1 aromatic carbocycles. The van der Waals surface area contributed by atoms with E-state index in [1.807, 2.05) is 13.0 Å². The summed E-state index contributed by atoms with van der Waals surface area (Å²) in [5.41, 5.74) is 1.81. The fourth-order valence-corrected chi connectivity index (χ4v) is 1.91. The summed E-state index contributed by atoms with van der Waals surface area (Å²) in [4.78, 5) is 20.4. The molecule has 0 radical (unpaired) electrons. The van der Waals surface area contributed by atoms with Gasteiger partial charge in [0.05, 0.1) is 19.0 Å². The van der Waals surface area contributed by atoms with Crippen molar-refractivity contribution in [3.8, 4) is 0 Å². The number of nitrogens with one attached hydrogen (secondary N) is 2. The van der Waals surface area contributed by atoms with Crippen molar-refractivity contribution in [3.05, 3.63) is 46.9 Å². The first kappa shape index (κ1) is 16.2. The van der Waals surface area contributed by atoms with Crippen LogP contribution < -0.4 is 10.6 Å². The first-order valence-electron chi connectivity index (χ1n) is 6.72. The van der Waals surface area contributed by atoms with E-state index in [0.717, 1.165) is 5.56 Å². The molecule has 0 aliphatic carbocycles. The quantitative estimate of drug-likeness (QED) is 0.800. The van der Waals surface area contributed by atoms with E-state index in [4.69, 9.17) is 16.3 Å². The third kappa shape index (κ3) is 4.41. The molecule has 0 aliphatic heterocycles. The minimum Gasteiger partial charge on any atom is -0.383 e. The summed E-state index contributed by atoms with van der Waals surface area (Å²) in [6.07, 6.45) is 2.93. The number of carbonyl (C=O) groups excluding carboxylic acids is 1. The minimum absolute atomic E-state index is 0.233. The highest BCUT2D eigenvalue weighted by molar-refractivity contribution is 6.31. The second kappa shape index (κ2) is 7.72. The predicted molar refractivity (Wildman–Crippen MR) is 86.5 cm³/mol. The number of carbonyl (C=O) groups is 1. The normalized spacial score (nSPS) is 10.3. The Kier molecular flexibility index (Phi) is 5.68. The lowest BCUT2D eigenvalue weighted by Gasteiger charge is -2.09. The molecule has 6 nitrogen and oxygen atoms in total. The number of halogens is 1. The Morgan fingerprint density at radius 3 is 2.82 bits per heavy atom.